The second kappa shape index (κ2) is 8.10. The maximum Gasteiger partial charge on any atom is 0.266 e. The predicted molar refractivity (Wildman–Crippen MR) is 109 cm³/mol. The molecule has 5 nitrogen and oxygen atoms in total. The van der Waals surface area contributed by atoms with Gasteiger partial charge in [-0.2, -0.15) is 0 Å². The molecule has 0 aromatic heterocycles. The van der Waals surface area contributed by atoms with Crippen LogP contribution in [-0.4, -0.2) is 47.7 Å². The third-order valence-corrected chi connectivity index (χ3v) is 7.44. The summed E-state index contributed by atoms with van der Waals surface area (Å²) in [6, 6.07) is 7.21. The lowest BCUT2D eigenvalue weighted by Crippen LogP contribution is -2.39. The van der Waals surface area contributed by atoms with Crippen LogP contribution in [-0.2, 0) is 14.6 Å². The number of carbonyl (C=O) groups is 1. The molecule has 0 radical (unpaired) electrons. The zero-order valence-electron chi connectivity index (χ0n) is 14.5. The molecule has 0 bridgehead atoms. The van der Waals surface area contributed by atoms with Gasteiger partial charge in [-0.1, -0.05) is 55.5 Å². The molecule has 2 fully saturated rings. The van der Waals surface area contributed by atoms with Crippen LogP contribution in [0.15, 0.2) is 29.2 Å². The van der Waals surface area contributed by atoms with Gasteiger partial charge in [0.25, 0.3) is 5.91 Å². The van der Waals surface area contributed by atoms with E-state index in [4.69, 9.17) is 17.0 Å². The first-order chi connectivity index (χ1) is 12.4. The van der Waals surface area contributed by atoms with Crippen LogP contribution < -0.4 is 4.74 Å². The van der Waals surface area contributed by atoms with E-state index in [0.29, 0.717) is 22.3 Å². The van der Waals surface area contributed by atoms with E-state index in [1.165, 1.54) is 16.7 Å². The maximum absolute atomic E-state index is 12.8. The highest BCUT2D eigenvalue weighted by molar-refractivity contribution is 8.26. The van der Waals surface area contributed by atoms with Crippen LogP contribution >= 0.6 is 24.0 Å². The summed E-state index contributed by atoms with van der Waals surface area (Å²) in [5, 5.41) is 0. The summed E-state index contributed by atoms with van der Waals surface area (Å²) in [6.45, 7) is 2.73. The summed E-state index contributed by atoms with van der Waals surface area (Å²) in [5.74, 6) is 0.616. The molecule has 3 rings (SSSR count). The number of thioether (sulfide) groups is 1. The molecular formula is C18H21NO4S3. The van der Waals surface area contributed by atoms with Crippen molar-refractivity contribution < 1.29 is 17.9 Å². The molecule has 0 saturated carbocycles. The van der Waals surface area contributed by atoms with Crippen molar-refractivity contribution in [1.29, 1.82) is 0 Å². The Morgan fingerprint density at radius 3 is 2.85 bits per heavy atom. The molecule has 1 atom stereocenters. The first kappa shape index (κ1) is 19.4. The monoisotopic (exact) mass is 411 g/mol. The van der Waals surface area contributed by atoms with Gasteiger partial charge in [-0.25, -0.2) is 8.42 Å². The summed E-state index contributed by atoms with van der Waals surface area (Å²) in [4.78, 5) is 14.8. The molecule has 1 unspecified atom stereocenters. The second-order valence-corrected chi connectivity index (χ2v) is 10.3. The third-order valence-electron chi connectivity index (χ3n) is 4.36. The highest BCUT2D eigenvalue weighted by Crippen LogP contribution is 2.37. The van der Waals surface area contributed by atoms with Gasteiger partial charge in [0.1, 0.15) is 10.1 Å². The fraction of sp³-hybridized carbons (Fsp3) is 0.444. The number of benzene rings is 1. The van der Waals surface area contributed by atoms with Crippen LogP contribution in [0.1, 0.15) is 31.7 Å². The van der Waals surface area contributed by atoms with Gasteiger partial charge >= 0.3 is 0 Å². The van der Waals surface area contributed by atoms with E-state index in [-0.39, 0.29) is 23.5 Å². The fourth-order valence-corrected chi connectivity index (χ4v) is 6.06. The van der Waals surface area contributed by atoms with Crippen LogP contribution in [0.5, 0.6) is 5.75 Å². The summed E-state index contributed by atoms with van der Waals surface area (Å²) in [6.07, 6.45) is 4.24. The van der Waals surface area contributed by atoms with Crippen molar-refractivity contribution in [1.82, 2.24) is 4.90 Å². The molecule has 140 valence electrons. The molecule has 2 heterocycles. The Bertz CT molecular complexity index is 848. The van der Waals surface area contributed by atoms with E-state index in [0.717, 1.165) is 24.2 Å². The van der Waals surface area contributed by atoms with Gasteiger partial charge in [0.05, 0.1) is 29.1 Å². The summed E-state index contributed by atoms with van der Waals surface area (Å²) in [7, 11) is -3.08. The lowest BCUT2D eigenvalue weighted by atomic mass is 10.1. The molecule has 0 spiro atoms. The number of ether oxygens (including phenoxy) is 1. The molecule has 2 aliphatic rings. The third kappa shape index (κ3) is 4.29. The van der Waals surface area contributed by atoms with Crippen molar-refractivity contribution in [2.45, 2.75) is 32.2 Å². The predicted octanol–water partition coefficient (Wildman–Crippen LogP) is 3.25. The largest absolute Gasteiger partial charge is 0.493 e. The highest BCUT2D eigenvalue weighted by Gasteiger charge is 2.42. The van der Waals surface area contributed by atoms with E-state index in [2.05, 4.69) is 6.92 Å². The van der Waals surface area contributed by atoms with Gasteiger partial charge in [-0.05, 0) is 25.0 Å². The topological polar surface area (TPSA) is 63.7 Å². The number of para-hydroxylation sites is 1. The smallest absolute Gasteiger partial charge is 0.266 e. The minimum atomic E-state index is -3.08. The van der Waals surface area contributed by atoms with E-state index >= 15 is 0 Å². The van der Waals surface area contributed by atoms with Crippen molar-refractivity contribution in [3.05, 3.63) is 34.7 Å². The van der Waals surface area contributed by atoms with E-state index in [1.54, 1.807) is 6.08 Å². The van der Waals surface area contributed by atoms with Gasteiger partial charge in [-0.3, -0.25) is 9.69 Å². The van der Waals surface area contributed by atoms with Gasteiger partial charge in [0.15, 0.2) is 9.84 Å². The molecule has 0 N–H and O–H groups in total. The number of amides is 1. The number of thiocarbonyl (C=S) groups is 1. The quantitative estimate of drug-likeness (QED) is 0.407. The average molecular weight is 412 g/mol. The molecule has 1 aromatic rings. The molecule has 2 saturated heterocycles. The first-order valence-corrected chi connectivity index (χ1v) is 11.6. The standard InChI is InChI=1S/C18H21NO4S3/c1-2-3-9-23-15-7-5-4-6-13(15)11-16-17(20)19(18(24)25-16)14-8-10-26(21,22)12-14/h4-7,11,14H,2-3,8-10,12H2,1H3/b16-11+. The molecule has 1 aromatic carbocycles. The lowest BCUT2D eigenvalue weighted by molar-refractivity contribution is -0.123. The average Bonchev–Trinajstić information content (AvgIpc) is 3.08. The lowest BCUT2D eigenvalue weighted by Gasteiger charge is -2.20. The number of hydrogen-bond donors (Lipinski definition) is 0. The Labute approximate surface area is 163 Å². The zero-order valence-corrected chi connectivity index (χ0v) is 17.0. The van der Waals surface area contributed by atoms with Gasteiger partial charge in [0.2, 0.25) is 0 Å². The number of sulfone groups is 1. The number of unbranched alkanes of at least 4 members (excludes halogenated alkanes) is 1. The van der Waals surface area contributed by atoms with E-state index < -0.39 is 9.84 Å². The van der Waals surface area contributed by atoms with Crippen molar-refractivity contribution >= 4 is 50.1 Å². The Morgan fingerprint density at radius 1 is 1.38 bits per heavy atom. The summed E-state index contributed by atoms with van der Waals surface area (Å²) >= 11 is 6.56. The van der Waals surface area contributed by atoms with Crippen molar-refractivity contribution in [3.63, 3.8) is 0 Å². The van der Waals surface area contributed by atoms with Crippen LogP contribution in [0.4, 0.5) is 0 Å². The molecule has 0 aliphatic carbocycles. The van der Waals surface area contributed by atoms with E-state index in [9.17, 15) is 13.2 Å². The van der Waals surface area contributed by atoms with Crippen LogP contribution in [0.2, 0.25) is 0 Å². The molecule has 26 heavy (non-hydrogen) atoms. The number of nitrogens with zero attached hydrogens (tertiary/aromatic N) is 1. The summed E-state index contributed by atoms with van der Waals surface area (Å²) < 4.78 is 29.7. The van der Waals surface area contributed by atoms with Crippen molar-refractivity contribution in [2.24, 2.45) is 0 Å². The fourth-order valence-electron chi connectivity index (χ4n) is 2.97. The number of carbonyl (C=O) groups excluding carboxylic acids is 1. The van der Waals surface area contributed by atoms with Crippen LogP contribution in [0, 0.1) is 0 Å². The van der Waals surface area contributed by atoms with Crippen LogP contribution in [0.3, 0.4) is 0 Å². The summed E-state index contributed by atoms with van der Waals surface area (Å²) in [5.41, 5.74) is 0.822. The van der Waals surface area contributed by atoms with Gasteiger partial charge in [-0.15, -0.1) is 0 Å². The van der Waals surface area contributed by atoms with Crippen molar-refractivity contribution in [3.8, 4) is 5.75 Å². The first-order valence-electron chi connectivity index (χ1n) is 8.60. The van der Waals surface area contributed by atoms with Crippen LogP contribution in [0.25, 0.3) is 6.08 Å². The molecule has 8 heteroatoms. The minimum absolute atomic E-state index is 0.0105. The number of hydrogen-bond acceptors (Lipinski definition) is 6. The zero-order chi connectivity index (χ0) is 18.7. The Hall–Kier alpha value is -1.38. The Morgan fingerprint density at radius 2 is 2.15 bits per heavy atom. The Kier molecular flexibility index (Phi) is 6.04. The van der Waals surface area contributed by atoms with E-state index in [1.807, 2.05) is 24.3 Å². The second-order valence-electron chi connectivity index (χ2n) is 6.35. The minimum Gasteiger partial charge on any atom is -0.493 e. The normalized spacial score (nSPS) is 23.8. The maximum atomic E-state index is 12.8. The van der Waals surface area contributed by atoms with Gasteiger partial charge < -0.3 is 4.74 Å². The van der Waals surface area contributed by atoms with Gasteiger partial charge in [0, 0.05) is 5.56 Å². The number of rotatable bonds is 6. The Balaban J connectivity index is 1.80. The molecular weight excluding hydrogens is 390 g/mol. The SMILES string of the molecule is CCCCOc1ccccc1/C=C1/SC(=S)N(C2CCS(=O)(=O)C2)C1=O. The highest BCUT2D eigenvalue weighted by atomic mass is 32.2. The molecule has 1 amide bonds. The molecule has 2 aliphatic heterocycles. The van der Waals surface area contributed by atoms with Crippen molar-refractivity contribution in [2.75, 3.05) is 18.1 Å².